The Bertz CT molecular complexity index is 340. The monoisotopic (exact) mass is 173 g/mol. The van der Waals surface area contributed by atoms with Crippen LogP contribution < -0.4 is 4.74 Å². The lowest BCUT2D eigenvalue weighted by molar-refractivity contribution is 0.306. The van der Waals surface area contributed by atoms with Crippen LogP contribution in [0.15, 0.2) is 48.8 Å². The molecule has 0 spiro atoms. The molecule has 0 radical (unpaired) electrons. The van der Waals surface area contributed by atoms with E-state index >= 15 is 0 Å². The molecule has 2 nitrogen and oxygen atoms in total. The van der Waals surface area contributed by atoms with Crippen LogP contribution in [0.5, 0.6) is 5.75 Å². The van der Waals surface area contributed by atoms with Gasteiger partial charge in [0.2, 0.25) is 0 Å². The van der Waals surface area contributed by atoms with E-state index in [2.05, 4.69) is 4.98 Å². The highest BCUT2D eigenvalue weighted by atomic mass is 16.5. The van der Waals surface area contributed by atoms with Gasteiger partial charge in [-0.1, -0.05) is 18.2 Å². The predicted octanol–water partition coefficient (Wildman–Crippen LogP) is 2.59. The lowest BCUT2D eigenvalue weighted by Gasteiger charge is -2.03. The maximum absolute atomic E-state index is 5.53. The molecule has 0 saturated heterocycles. The fourth-order valence-corrected chi connectivity index (χ4v) is 1.13. The maximum Gasteiger partial charge on any atom is 0.119 e. The van der Waals surface area contributed by atoms with Crippen molar-refractivity contribution >= 4 is 0 Å². The molecule has 2 heteroatoms. The van der Waals surface area contributed by atoms with Gasteiger partial charge in [-0.05, 0) is 18.2 Å². The summed E-state index contributed by atoms with van der Waals surface area (Å²) in [6, 6.07) is 11.8. The molecule has 2 rings (SSSR count). The van der Waals surface area contributed by atoms with Crippen LogP contribution in [0.25, 0.3) is 0 Å². The van der Waals surface area contributed by atoms with Gasteiger partial charge in [0.15, 0.2) is 0 Å². The molecule has 0 atom stereocenters. The second-order valence-corrected chi connectivity index (χ2v) is 2.82. The number of aromatic nitrogens is 1. The highest BCUT2D eigenvalue weighted by molar-refractivity contribution is 5.21. The van der Waals surface area contributed by atoms with Crippen molar-refractivity contribution in [2.45, 2.75) is 6.61 Å². The molecule has 2 aromatic rings. The van der Waals surface area contributed by atoms with Crippen molar-refractivity contribution in [2.75, 3.05) is 0 Å². The minimum atomic E-state index is 0.619. The van der Waals surface area contributed by atoms with Crippen molar-refractivity contribution in [2.24, 2.45) is 0 Å². The number of H-pyrrole nitrogens is 1. The van der Waals surface area contributed by atoms with Gasteiger partial charge in [0.1, 0.15) is 12.4 Å². The van der Waals surface area contributed by atoms with Crippen LogP contribution in [0.1, 0.15) is 5.56 Å². The van der Waals surface area contributed by atoms with Gasteiger partial charge in [-0.2, -0.15) is 0 Å². The Morgan fingerprint density at radius 1 is 1.08 bits per heavy atom. The number of para-hydroxylation sites is 1. The van der Waals surface area contributed by atoms with Crippen molar-refractivity contribution in [1.29, 1.82) is 0 Å². The maximum atomic E-state index is 5.53. The lowest BCUT2D eigenvalue weighted by atomic mass is 10.3. The van der Waals surface area contributed by atoms with E-state index in [0.29, 0.717) is 6.61 Å². The van der Waals surface area contributed by atoms with Gasteiger partial charge in [-0.3, -0.25) is 0 Å². The van der Waals surface area contributed by atoms with Crippen LogP contribution in [0.3, 0.4) is 0 Å². The first-order valence-corrected chi connectivity index (χ1v) is 4.25. The van der Waals surface area contributed by atoms with Gasteiger partial charge >= 0.3 is 0 Å². The number of benzene rings is 1. The summed E-state index contributed by atoms with van der Waals surface area (Å²) in [5.74, 6) is 0.906. The molecular weight excluding hydrogens is 162 g/mol. The smallest absolute Gasteiger partial charge is 0.119 e. The molecule has 0 aliphatic rings. The zero-order valence-corrected chi connectivity index (χ0v) is 7.23. The molecular formula is C11H11NO. The topological polar surface area (TPSA) is 25.0 Å². The lowest BCUT2D eigenvalue weighted by Crippen LogP contribution is -1.92. The van der Waals surface area contributed by atoms with Crippen LogP contribution in [0.4, 0.5) is 0 Å². The van der Waals surface area contributed by atoms with Crippen molar-refractivity contribution < 1.29 is 4.74 Å². The first-order valence-electron chi connectivity index (χ1n) is 4.25. The Balaban J connectivity index is 1.94. The molecule has 0 unspecified atom stereocenters. The van der Waals surface area contributed by atoms with Crippen LogP contribution in [-0.4, -0.2) is 4.98 Å². The third-order valence-electron chi connectivity index (χ3n) is 1.81. The summed E-state index contributed by atoms with van der Waals surface area (Å²) < 4.78 is 5.53. The van der Waals surface area contributed by atoms with Crippen molar-refractivity contribution in [3.8, 4) is 5.75 Å². The number of rotatable bonds is 3. The zero-order chi connectivity index (χ0) is 8.93. The summed E-state index contributed by atoms with van der Waals surface area (Å²) in [5, 5.41) is 0. The molecule has 0 bridgehead atoms. The first-order chi connectivity index (χ1) is 6.45. The Morgan fingerprint density at radius 2 is 1.92 bits per heavy atom. The van der Waals surface area contributed by atoms with Gasteiger partial charge in [0.05, 0.1) is 0 Å². The van der Waals surface area contributed by atoms with Gasteiger partial charge in [-0.25, -0.2) is 0 Å². The Labute approximate surface area is 77.2 Å². The third kappa shape index (κ3) is 2.12. The molecule has 0 amide bonds. The van der Waals surface area contributed by atoms with Crippen LogP contribution in [0.2, 0.25) is 0 Å². The average Bonchev–Trinajstić information content (AvgIpc) is 2.69. The fraction of sp³-hybridized carbons (Fsp3) is 0.0909. The minimum absolute atomic E-state index is 0.619. The van der Waals surface area contributed by atoms with Crippen molar-refractivity contribution in [3.05, 3.63) is 54.4 Å². The van der Waals surface area contributed by atoms with Gasteiger partial charge < -0.3 is 9.72 Å². The summed E-state index contributed by atoms with van der Waals surface area (Å²) in [6.45, 7) is 0.619. The number of aromatic amines is 1. The molecule has 1 heterocycles. The van der Waals surface area contributed by atoms with Crippen LogP contribution >= 0.6 is 0 Å². The van der Waals surface area contributed by atoms with E-state index in [9.17, 15) is 0 Å². The number of hydrogen-bond donors (Lipinski definition) is 1. The Kier molecular flexibility index (Phi) is 2.32. The van der Waals surface area contributed by atoms with Crippen molar-refractivity contribution in [3.63, 3.8) is 0 Å². The van der Waals surface area contributed by atoms with Crippen molar-refractivity contribution in [1.82, 2.24) is 4.98 Å². The molecule has 1 aromatic heterocycles. The molecule has 66 valence electrons. The summed E-state index contributed by atoms with van der Waals surface area (Å²) >= 11 is 0. The van der Waals surface area contributed by atoms with E-state index in [4.69, 9.17) is 4.74 Å². The molecule has 0 fully saturated rings. The largest absolute Gasteiger partial charge is 0.489 e. The van der Waals surface area contributed by atoms with E-state index in [1.165, 1.54) is 0 Å². The molecule has 1 aromatic carbocycles. The van der Waals surface area contributed by atoms with E-state index in [-0.39, 0.29) is 0 Å². The Morgan fingerprint density at radius 3 is 2.62 bits per heavy atom. The quantitative estimate of drug-likeness (QED) is 0.758. The highest BCUT2D eigenvalue weighted by Crippen LogP contribution is 2.10. The van der Waals surface area contributed by atoms with E-state index in [0.717, 1.165) is 11.3 Å². The molecule has 13 heavy (non-hydrogen) atoms. The molecule has 1 N–H and O–H groups in total. The minimum Gasteiger partial charge on any atom is -0.489 e. The van der Waals surface area contributed by atoms with Crippen LogP contribution in [-0.2, 0) is 6.61 Å². The molecule has 0 aliphatic carbocycles. The van der Waals surface area contributed by atoms with Gasteiger partial charge in [0.25, 0.3) is 0 Å². The second-order valence-electron chi connectivity index (χ2n) is 2.82. The number of nitrogens with one attached hydrogen (secondary N) is 1. The fourth-order valence-electron chi connectivity index (χ4n) is 1.13. The average molecular weight is 173 g/mol. The standard InChI is InChI=1S/C11H11NO/c1-2-4-11(5-3-1)13-9-10-6-7-12-8-10/h1-8,12H,9H2. The van der Waals surface area contributed by atoms with Crippen LogP contribution in [0, 0.1) is 0 Å². The summed E-state index contributed by atoms with van der Waals surface area (Å²) in [4.78, 5) is 2.99. The SMILES string of the molecule is c1ccc(OCc2cc[nH]c2)cc1. The first kappa shape index (κ1) is 7.92. The zero-order valence-electron chi connectivity index (χ0n) is 7.23. The molecule has 0 saturated carbocycles. The highest BCUT2D eigenvalue weighted by Gasteiger charge is 1.93. The second kappa shape index (κ2) is 3.81. The number of hydrogen-bond acceptors (Lipinski definition) is 1. The summed E-state index contributed by atoms with van der Waals surface area (Å²) in [7, 11) is 0. The number of ether oxygens (including phenoxy) is 1. The van der Waals surface area contributed by atoms with Gasteiger partial charge in [0, 0.05) is 18.0 Å². The third-order valence-corrected chi connectivity index (χ3v) is 1.81. The van der Waals surface area contributed by atoms with E-state index in [1.807, 2.05) is 48.8 Å². The van der Waals surface area contributed by atoms with E-state index in [1.54, 1.807) is 0 Å². The summed E-state index contributed by atoms with van der Waals surface area (Å²) in [6.07, 6.45) is 3.83. The summed E-state index contributed by atoms with van der Waals surface area (Å²) in [5.41, 5.74) is 1.16. The van der Waals surface area contributed by atoms with E-state index < -0.39 is 0 Å². The molecule has 0 aliphatic heterocycles. The normalized spacial score (nSPS) is 9.85. The Hall–Kier alpha value is -1.70. The predicted molar refractivity (Wildman–Crippen MR) is 51.6 cm³/mol. The van der Waals surface area contributed by atoms with Gasteiger partial charge in [-0.15, -0.1) is 0 Å².